The average Bonchev–Trinajstić information content (AvgIpc) is 3.28. The number of nitrogens with zero attached hydrogens (tertiary/aromatic N) is 4. The van der Waals surface area contributed by atoms with E-state index < -0.39 is 0 Å². The van der Waals surface area contributed by atoms with E-state index in [2.05, 4.69) is 39.0 Å². The summed E-state index contributed by atoms with van der Waals surface area (Å²) in [5.74, 6) is 2.02. The summed E-state index contributed by atoms with van der Waals surface area (Å²) in [4.78, 5) is 18.0. The SMILES string of the molecule is CN(Cc1ccncc1)[C@H]1CCCC(C2CCc3sc4ncnc(N)c4c32)C1. The Labute approximate surface area is 170 Å². The molecule has 0 aliphatic heterocycles. The summed E-state index contributed by atoms with van der Waals surface area (Å²) >= 11 is 1.83. The summed E-state index contributed by atoms with van der Waals surface area (Å²) in [5.41, 5.74) is 9.10. The molecule has 2 aliphatic rings. The number of rotatable bonds is 4. The fourth-order valence-electron chi connectivity index (χ4n) is 5.38. The van der Waals surface area contributed by atoms with Gasteiger partial charge in [0.25, 0.3) is 0 Å². The summed E-state index contributed by atoms with van der Waals surface area (Å²) in [6, 6.07) is 4.90. The first-order chi connectivity index (χ1) is 13.7. The van der Waals surface area contributed by atoms with Crippen molar-refractivity contribution in [1.29, 1.82) is 0 Å². The van der Waals surface area contributed by atoms with Crippen LogP contribution in [0.25, 0.3) is 10.2 Å². The zero-order valence-corrected chi connectivity index (χ0v) is 17.2. The molecule has 5 rings (SSSR count). The third-order valence-electron chi connectivity index (χ3n) is 6.75. The van der Waals surface area contributed by atoms with Gasteiger partial charge < -0.3 is 5.73 Å². The van der Waals surface area contributed by atoms with Gasteiger partial charge in [-0.05, 0) is 74.2 Å². The van der Waals surface area contributed by atoms with Crippen LogP contribution in [-0.4, -0.2) is 32.9 Å². The van der Waals surface area contributed by atoms with Crippen molar-refractivity contribution >= 4 is 27.4 Å². The van der Waals surface area contributed by atoms with Gasteiger partial charge in [-0.2, -0.15) is 0 Å². The molecule has 146 valence electrons. The van der Waals surface area contributed by atoms with Crippen LogP contribution in [0, 0.1) is 5.92 Å². The lowest BCUT2D eigenvalue weighted by Gasteiger charge is -2.38. The topological polar surface area (TPSA) is 67.9 Å². The standard InChI is InChI=1S/C22H27N5S/c1-27(12-14-7-9-24-10-8-14)16-4-2-3-15(11-16)17-5-6-18-19(17)20-21(23)25-13-26-22(20)28-18/h7-10,13,15-17H,2-6,11-12H2,1H3,(H2,23,25,26)/t15?,16-,17?/m0/s1. The highest BCUT2D eigenvalue weighted by Crippen LogP contribution is 2.50. The van der Waals surface area contributed by atoms with Crippen LogP contribution >= 0.6 is 11.3 Å². The zero-order valence-electron chi connectivity index (χ0n) is 16.3. The molecule has 0 amide bonds. The number of aromatic nitrogens is 3. The Morgan fingerprint density at radius 3 is 2.89 bits per heavy atom. The zero-order chi connectivity index (χ0) is 19.1. The maximum Gasteiger partial charge on any atom is 0.135 e. The minimum atomic E-state index is 0.620. The minimum absolute atomic E-state index is 0.620. The van der Waals surface area contributed by atoms with Gasteiger partial charge in [0.1, 0.15) is 17.0 Å². The normalized spacial score (nSPS) is 24.7. The lowest BCUT2D eigenvalue weighted by Crippen LogP contribution is -2.36. The van der Waals surface area contributed by atoms with E-state index >= 15 is 0 Å². The van der Waals surface area contributed by atoms with Crippen molar-refractivity contribution < 1.29 is 0 Å². The molecule has 2 N–H and O–H groups in total. The average molecular weight is 394 g/mol. The molecule has 1 saturated carbocycles. The van der Waals surface area contributed by atoms with Crippen LogP contribution in [0.15, 0.2) is 30.9 Å². The second-order valence-electron chi connectivity index (χ2n) is 8.37. The number of nitrogen functional groups attached to an aromatic ring is 1. The van der Waals surface area contributed by atoms with Crippen molar-refractivity contribution in [3.8, 4) is 0 Å². The molecule has 0 spiro atoms. The third-order valence-corrected chi connectivity index (χ3v) is 7.92. The Hall–Kier alpha value is -2.05. The predicted molar refractivity (Wildman–Crippen MR) is 114 cm³/mol. The van der Waals surface area contributed by atoms with Crippen molar-refractivity contribution in [3.63, 3.8) is 0 Å². The molecule has 3 atom stereocenters. The number of thiophene rings is 1. The van der Waals surface area contributed by atoms with E-state index in [0.29, 0.717) is 17.8 Å². The first-order valence-electron chi connectivity index (χ1n) is 10.3. The van der Waals surface area contributed by atoms with Crippen LogP contribution in [0.4, 0.5) is 5.82 Å². The minimum Gasteiger partial charge on any atom is -0.383 e. The molecule has 0 aromatic carbocycles. The Morgan fingerprint density at radius 2 is 2.04 bits per heavy atom. The first kappa shape index (κ1) is 18.0. The molecular formula is C22H27N5S. The molecule has 2 aliphatic carbocycles. The lowest BCUT2D eigenvalue weighted by molar-refractivity contribution is 0.139. The van der Waals surface area contributed by atoms with E-state index in [9.17, 15) is 0 Å². The highest BCUT2D eigenvalue weighted by molar-refractivity contribution is 7.19. The number of hydrogen-bond donors (Lipinski definition) is 1. The van der Waals surface area contributed by atoms with Gasteiger partial charge in [-0.15, -0.1) is 11.3 Å². The van der Waals surface area contributed by atoms with Gasteiger partial charge in [0, 0.05) is 29.9 Å². The smallest absolute Gasteiger partial charge is 0.135 e. The molecule has 5 nitrogen and oxygen atoms in total. The molecule has 3 heterocycles. The monoisotopic (exact) mass is 393 g/mol. The molecule has 2 unspecified atom stereocenters. The molecule has 28 heavy (non-hydrogen) atoms. The van der Waals surface area contributed by atoms with E-state index in [-0.39, 0.29) is 0 Å². The molecular weight excluding hydrogens is 366 g/mol. The van der Waals surface area contributed by atoms with E-state index in [1.54, 1.807) is 6.33 Å². The van der Waals surface area contributed by atoms with E-state index in [0.717, 1.165) is 22.7 Å². The van der Waals surface area contributed by atoms with E-state index in [4.69, 9.17) is 5.73 Å². The molecule has 0 saturated heterocycles. The second kappa shape index (κ2) is 7.41. The summed E-state index contributed by atoms with van der Waals surface area (Å²) in [5, 5.41) is 1.15. The number of anilines is 1. The van der Waals surface area contributed by atoms with Gasteiger partial charge in [-0.3, -0.25) is 9.88 Å². The predicted octanol–water partition coefficient (Wildman–Crippen LogP) is 4.39. The molecule has 3 aromatic rings. The van der Waals surface area contributed by atoms with Gasteiger partial charge in [0.05, 0.1) is 5.39 Å². The van der Waals surface area contributed by atoms with Crippen molar-refractivity contribution in [2.45, 2.75) is 57.0 Å². The quantitative estimate of drug-likeness (QED) is 0.712. The number of fused-ring (bicyclic) bond motifs is 3. The first-order valence-corrected chi connectivity index (χ1v) is 11.1. The van der Waals surface area contributed by atoms with Crippen LogP contribution in [0.3, 0.4) is 0 Å². The van der Waals surface area contributed by atoms with E-state index in [1.165, 1.54) is 54.5 Å². The highest BCUT2D eigenvalue weighted by Gasteiger charge is 2.37. The van der Waals surface area contributed by atoms with Crippen molar-refractivity contribution in [1.82, 2.24) is 19.9 Å². The van der Waals surface area contributed by atoms with Crippen molar-refractivity contribution in [3.05, 3.63) is 46.9 Å². The summed E-state index contributed by atoms with van der Waals surface area (Å²) in [6.45, 7) is 0.998. The summed E-state index contributed by atoms with van der Waals surface area (Å²) < 4.78 is 0. The molecule has 6 heteroatoms. The molecule has 3 aromatic heterocycles. The Balaban J connectivity index is 1.36. The van der Waals surface area contributed by atoms with Crippen molar-refractivity contribution in [2.75, 3.05) is 12.8 Å². The van der Waals surface area contributed by atoms with Gasteiger partial charge in [0.2, 0.25) is 0 Å². The molecule has 1 fully saturated rings. The molecule has 0 radical (unpaired) electrons. The summed E-state index contributed by atoms with van der Waals surface area (Å²) in [7, 11) is 2.28. The number of pyridine rings is 1. The summed E-state index contributed by atoms with van der Waals surface area (Å²) in [6.07, 6.45) is 13.0. The second-order valence-corrected chi connectivity index (χ2v) is 9.46. The number of nitrogens with two attached hydrogens (primary N) is 1. The Kier molecular flexibility index (Phi) is 4.77. The van der Waals surface area contributed by atoms with Gasteiger partial charge in [-0.25, -0.2) is 9.97 Å². The lowest BCUT2D eigenvalue weighted by atomic mass is 9.75. The largest absolute Gasteiger partial charge is 0.383 e. The Morgan fingerprint density at radius 1 is 1.18 bits per heavy atom. The van der Waals surface area contributed by atoms with Gasteiger partial charge in [0.15, 0.2) is 0 Å². The number of hydrogen-bond acceptors (Lipinski definition) is 6. The van der Waals surface area contributed by atoms with Crippen LogP contribution in [-0.2, 0) is 13.0 Å². The fourth-order valence-corrected chi connectivity index (χ4v) is 6.61. The van der Waals surface area contributed by atoms with Crippen LogP contribution in [0.2, 0.25) is 0 Å². The number of aryl methyl sites for hydroxylation is 1. The maximum atomic E-state index is 6.27. The van der Waals surface area contributed by atoms with E-state index in [1.807, 2.05) is 23.7 Å². The third kappa shape index (κ3) is 3.18. The maximum absolute atomic E-state index is 6.27. The van der Waals surface area contributed by atoms with Gasteiger partial charge >= 0.3 is 0 Å². The molecule has 0 bridgehead atoms. The van der Waals surface area contributed by atoms with Crippen molar-refractivity contribution in [2.24, 2.45) is 5.92 Å². The van der Waals surface area contributed by atoms with Crippen LogP contribution in [0.5, 0.6) is 0 Å². The van der Waals surface area contributed by atoms with Crippen LogP contribution < -0.4 is 5.73 Å². The highest BCUT2D eigenvalue weighted by atomic mass is 32.1. The fraction of sp³-hybridized carbons (Fsp3) is 0.500. The Bertz CT molecular complexity index is 970. The van der Waals surface area contributed by atoms with Crippen LogP contribution in [0.1, 0.15) is 54.0 Å². The van der Waals surface area contributed by atoms with Gasteiger partial charge in [-0.1, -0.05) is 6.42 Å².